The molecular formula is C12H23NO. The van der Waals surface area contributed by atoms with Gasteiger partial charge in [0.2, 0.25) is 0 Å². The molecule has 0 bridgehead atoms. The Labute approximate surface area is 87.7 Å². The van der Waals surface area contributed by atoms with Crippen molar-refractivity contribution in [1.29, 1.82) is 0 Å². The highest BCUT2D eigenvalue weighted by atomic mass is 16.1. The minimum Gasteiger partial charge on any atom is -0.300 e. The summed E-state index contributed by atoms with van der Waals surface area (Å²) >= 11 is 0. The topological polar surface area (TPSA) is 20.3 Å². The number of nitrogens with zero attached hydrogens (tertiary/aromatic N) is 1. The lowest BCUT2D eigenvalue weighted by atomic mass is 10.0. The van der Waals surface area contributed by atoms with Crippen LogP contribution in [0.1, 0.15) is 52.4 Å². The summed E-state index contributed by atoms with van der Waals surface area (Å²) in [6, 6.07) is 0.725. The Morgan fingerprint density at radius 2 is 1.93 bits per heavy atom. The predicted octanol–water partition coefficient (Wildman–Crippen LogP) is 2.62. The summed E-state index contributed by atoms with van der Waals surface area (Å²) in [5, 5.41) is 0. The first kappa shape index (κ1) is 11.7. The first-order valence-electron chi connectivity index (χ1n) is 6.03. The van der Waals surface area contributed by atoms with Crippen LogP contribution in [0, 0.1) is 0 Å². The largest absolute Gasteiger partial charge is 0.300 e. The zero-order chi connectivity index (χ0) is 10.4. The van der Waals surface area contributed by atoms with Gasteiger partial charge in [0.05, 0.1) is 0 Å². The molecule has 0 aromatic rings. The Morgan fingerprint density at radius 3 is 2.43 bits per heavy atom. The van der Waals surface area contributed by atoms with Crippen LogP contribution in [0.4, 0.5) is 0 Å². The summed E-state index contributed by atoms with van der Waals surface area (Å²) in [7, 11) is 0. The summed E-state index contributed by atoms with van der Waals surface area (Å²) in [4.78, 5) is 13.6. The number of hydrogen-bond donors (Lipinski definition) is 0. The SMILES string of the molecule is CCCCC(CC)N1CCC(=O)CC1. The number of carbonyl (C=O) groups is 1. The summed E-state index contributed by atoms with van der Waals surface area (Å²) < 4.78 is 0. The molecule has 82 valence electrons. The van der Waals surface area contributed by atoms with E-state index in [2.05, 4.69) is 18.7 Å². The van der Waals surface area contributed by atoms with E-state index in [1.807, 2.05) is 0 Å². The van der Waals surface area contributed by atoms with Crippen molar-refractivity contribution >= 4 is 5.78 Å². The van der Waals surface area contributed by atoms with Crippen LogP contribution in [0.25, 0.3) is 0 Å². The predicted molar refractivity (Wildman–Crippen MR) is 59.4 cm³/mol. The van der Waals surface area contributed by atoms with Crippen molar-refractivity contribution in [2.24, 2.45) is 0 Å². The van der Waals surface area contributed by atoms with Gasteiger partial charge in [-0.2, -0.15) is 0 Å². The van der Waals surface area contributed by atoms with Crippen LogP contribution in [0.2, 0.25) is 0 Å². The smallest absolute Gasteiger partial charge is 0.135 e. The molecule has 1 unspecified atom stereocenters. The van der Waals surface area contributed by atoms with E-state index in [1.165, 1.54) is 25.7 Å². The molecule has 1 fully saturated rings. The zero-order valence-electron chi connectivity index (χ0n) is 9.59. The molecule has 1 atom stereocenters. The Balaban J connectivity index is 2.32. The van der Waals surface area contributed by atoms with E-state index in [0.717, 1.165) is 32.0 Å². The molecule has 1 aliphatic rings. The average molecular weight is 197 g/mol. The van der Waals surface area contributed by atoms with Crippen LogP contribution < -0.4 is 0 Å². The van der Waals surface area contributed by atoms with Crippen LogP contribution in [0.5, 0.6) is 0 Å². The quantitative estimate of drug-likeness (QED) is 0.675. The van der Waals surface area contributed by atoms with Gasteiger partial charge >= 0.3 is 0 Å². The lowest BCUT2D eigenvalue weighted by Gasteiger charge is -2.33. The van der Waals surface area contributed by atoms with Crippen LogP contribution in [-0.4, -0.2) is 29.8 Å². The van der Waals surface area contributed by atoms with Crippen molar-refractivity contribution in [3.8, 4) is 0 Å². The molecule has 0 aromatic carbocycles. The maximum Gasteiger partial charge on any atom is 0.135 e. The Kier molecular flexibility index (Phi) is 5.16. The molecule has 0 saturated carbocycles. The summed E-state index contributed by atoms with van der Waals surface area (Å²) in [5.74, 6) is 0.451. The molecular weight excluding hydrogens is 174 g/mol. The normalized spacial score (nSPS) is 21.1. The molecule has 0 aromatic heterocycles. The standard InChI is InChI=1S/C12H23NO/c1-3-5-6-11(4-2)13-9-7-12(14)8-10-13/h11H,3-10H2,1-2H3. The van der Waals surface area contributed by atoms with Gasteiger partial charge in [-0.25, -0.2) is 0 Å². The minimum absolute atomic E-state index is 0.451. The molecule has 0 radical (unpaired) electrons. The number of unbranched alkanes of at least 4 members (excludes halogenated alkanes) is 1. The van der Waals surface area contributed by atoms with Crippen molar-refractivity contribution in [3.05, 3.63) is 0 Å². The van der Waals surface area contributed by atoms with Gasteiger partial charge in [0, 0.05) is 32.0 Å². The summed E-state index contributed by atoms with van der Waals surface area (Å²) in [6.45, 7) is 6.51. The number of likely N-dealkylation sites (tertiary alicyclic amines) is 1. The highest BCUT2D eigenvalue weighted by molar-refractivity contribution is 5.79. The number of Topliss-reactive ketones (excluding diaryl/α,β-unsaturated/α-hetero) is 1. The van der Waals surface area contributed by atoms with E-state index in [-0.39, 0.29) is 0 Å². The second-order valence-electron chi connectivity index (χ2n) is 4.28. The maximum absolute atomic E-state index is 11.1. The van der Waals surface area contributed by atoms with E-state index in [0.29, 0.717) is 5.78 Å². The number of piperidine rings is 1. The van der Waals surface area contributed by atoms with E-state index in [1.54, 1.807) is 0 Å². The molecule has 2 nitrogen and oxygen atoms in total. The van der Waals surface area contributed by atoms with Crippen molar-refractivity contribution in [2.45, 2.75) is 58.4 Å². The fraction of sp³-hybridized carbons (Fsp3) is 0.917. The number of hydrogen-bond acceptors (Lipinski definition) is 2. The lowest BCUT2D eigenvalue weighted by molar-refractivity contribution is -0.122. The Bertz CT molecular complexity index is 169. The molecule has 1 saturated heterocycles. The van der Waals surface area contributed by atoms with E-state index >= 15 is 0 Å². The minimum atomic E-state index is 0.451. The number of ketones is 1. The van der Waals surface area contributed by atoms with E-state index < -0.39 is 0 Å². The molecule has 1 heterocycles. The lowest BCUT2D eigenvalue weighted by Crippen LogP contribution is -2.41. The van der Waals surface area contributed by atoms with Gasteiger partial charge in [0.1, 0.15) is 5.78 Å². The molecule has 0 aliphatic carbocycles. The molecule has 1 aliphatic heterocycles. The zero-order valence-corrected chi connectivity index (χ0v) is 9.59. The monoisotopic (exact) mass is 197 g/mol. The highest BCUT2D eigenvalue weighted by Gasteiger charge is 2.21. The van der Waals surface area contributed by atoms with Crippen LogP contribution >= 0.6 is 0 Å². The third-order valence-corrected chi connectivity index (χ3v) is 3.23. The van der Waals surface area contributed by atoms with Crippen molar-refractivity contribution < 1.29 is 4.79 Å². The van der Waals surface area contributed by atoms with Crippen molar-refractivity contribution in [2.75, 3.05) is 13.1 Å². The maximum atomic E-state index is 11.1. The van der Waals surface area contributed by atoms with Crippen molar-refractivity contribution in [1.82, 2.24) is 4.90 Å². The van der Waals surface area contributed by atoms with Gasteiger partial charge in [-0.05, 0) is 12.8 Å². The van der Waals surface area contributed by atoms with Crippen LogP contribution in [-0.2, 0) is 4.79 Å². The first-order chi connectivity index (χ1) is 6.77. The van der Waals surface area contributed by atoms with Gasteiger partial charge in [0.25, 0.3) is 0 Å². The summed E-state index contributed by atoms with van der Waals surface area (Å²) in [5.41, 5.74) is 0. The highest BCUT2D eigenvalue weighted by Crippen LogP contribution is 2.16. The Morgan fingerprint density at radius 1 is 1.29 bits per heavy atom. The average Bonchev–Trinajstić information content (AvgIpc) is 2.21. The van der Waals surface area contributed by atoms with Crippen molar-refractivity contribution in [3.63, 3.8) is 0 Å². The van der Waals surface area contributed by atoms with Crippen LogP contribution in [0.15, 0.2) is 0 Å². The van der Waals surface area contributed by atoms with Gasteiger partial charge < -0.3 is 0 Å². The second-order valence-corrected chi connectivity index (χ2v) is 4.28. The van der Waals surface area contributed by atoms with E-state index in [9.17, 15) is 4.79 Å². The molecule has 1 rings (SSSR count). The fourth-order valence-corrected chi connectivity index (χ4v) is 2.22. The van der Waals surface area contributed by atoms with Gasteiger partial charge in [-0.3, -0.25) is 9.69 Å². The van der Waals surface area contributed by atoms with Crippen LogP contribution in [0.3, 0.4) is 0 Å². The molecule has 0 spiro atoms. The molecule has 2 heteroatoms. The molecule has 0 N–H and O–H groups in total. The van der Waals surface area contributed by atoms with E-state index in [4.69, 9.17) is 0 Å². The van der Waals surface area contributed by atoms with Gasteiger partial charge in [-0.15, -0.1) is 0 Å². The third-order valence-electron chi connectivity index (χ3n) is 3.23. The molecule has 14 heavy (non-hydrogen) atoms. The Hall–Kier alpha value is -0.370. The fourth-order valence-electron chi connectivity index (χ4n) is 2.22. The number of carbonyl (C=O) groups excluding carboxylic acids is 1. The van der Waals surface area contributed by atoms with Gasteiger partial charge in [0.15, 0.2) is 0 Å². The second kappa shape index (κ2) is 6.18. The molecule has 0 amide bonds. The first-order valence-corrected chi connectivity index (χ1v) is 6.03. The number of rotatable bonds is 5. The van der Waals surface area contributed by atoms with Gasteiger partial charge in [-0.1, -0.05) is 26.7 Å². The third kappa shape index (κ3) is 3.41. The summed E-state index contributed by atoms with van der Waals surface area (Å²) in [6.07, 6.45) is 6.70.